The standard InChI is InChI=1S/C30H34BN5O3/c1-28(2)18-29(3)27(16-30(28)9-5-10-30)38-31(39-29)22-14-21(25(15-26(22)37-4)36-12-6-11-34-36)19-7-8-20-23(32)17-33-35-24(20)13-19/h6-8,11-15,17,27H,5,9-10,16,18H2,1-4H3,(H2,32,35)/t27-,29+/m1/s1. The molecule has 7 rings (SSSR count). The van der Waals surface area contributed by atoms with Crippen LogP contribution in [0.2, 0.25) is 0 Å². The highest BCUT2D eigenvalue weighted by molar-refractivity contribution is 6.63. The maximum atomic E-state index is 6.82. The molecule has 2 saturated carbocycles. The third-order valence-corrected chi connectivity index (χ3v) is 9.80. The van der Waals surface area contributed by atoms with Crippen molar-refractivity contribution in [2.24, 2.45) is 10.8 Å². The first-order valence-corrected chi connectivity index (χ1v) is 13.8. The van der Waals surface area contributed by atoms with Crippen molar-refractivity contribution in [1.82, 2.24) is 20.0 Å². The summed E-state index contributed by atoms with van der Waals surface area (Å²) in [5.41, 5.74) is 11.4. The summed E-state index contributed by atoms with van der Waals surface area (Å²) in [4.78, 5) is 0. The van der Waals surface area contributed by atoms with E-state index in [1.807, 2.05) is 35.1 Å². The third-order valence-electron chi connectivity index (χ3n) is 9.80. The summed E-state index contributed by atoms with van der Waals surface area (Å²) in [6.07, 6.45) is 11.2. The van der Waals surface area contributed by atoms with E-state index in [0.717, 1.165) is 46.0 Å². The zero-order chi connectivity index (χ0) is 27.0. The molecule has 2 aliphatic carbocycles. The zero-order valence-electron chi connectivity index (χ0n) is 23.0. The van der Waals surface area contributed by atoms with E-state index in [9.17, 15) is 0 Å². The Morgan fingerprint density at radius 2 is 2.00 bits per heavy atom. The Morgan fingerprint density at radius 1 is 1.15 bits per heavy atom. The second kappa shape index (κ2) is 8.54. The van der Waals surface area contributed by atoms with Gasteiger partial charge in [0.2, 0.25) is 0 Å². The molecule has 1 spiro atoms. The van der Waals surface area contributed by atoms with Crippen molar-refractivity contribution in [1.29, 1.82) is 0 Å². The first-order chi connectivity index (χ1) is 18.7. The number of methoxy groups -OCH3 is 1. The van der Waals surface area contributed by atoms with E-state index in [1.54, 1.807) is 19.5 Å². The molecule has 4 aromatic rings. The lowest BCUT2D eigenvalue weighted by Crippen LogP contribution is -2.58. The number of aromatic nitrogens is 4. The average Bonchev–Trinajstić information content (AvgIpc) is 3.53. The highest BCUT2D eigenvalue weighted by Gasteiger charge is 2.63. The van der Waals surface area contributed by atoms with E-state index < -0.39 is 7.12 Å². The number of nitrogens with zero attached hydrogens (tertiary/aromatic N) is 4. The second-order valence-electron chi connectivity index (χ2n) is 12.4. The van der Waals surface area contributed by atoms with E-state index in [2.05, 4.69) is 48.2 Å². The van der Waals surface area contributed by atoms with Gasteiger partial charge in [-0.05, 0) is 73.3 Å². The molecule has 2 aromatic heterocycles. The minimum atomic E-state index is -0.526. The quantitative estimate of drug-likeness (QED) is 0.379. The summed E-state index contributed by atoms with van der Waals surface area (Å²) < 4.78 is 21.4. The number of nitrogen functional groups attached to an aromatic ring is 1. The molecule has 2 N–H and O–H groups in total. The van der Waals surface area contributed by atoms with Gasteiger partial charge in [0.15, 0.2) is 0 Å². The monoisotopic (exact) mass is 523 g/mol. The Labute approximate surface area is 229 Å². The molecule has 8 nitrogen and oxygen atoms in total. The van der Waals surface area contributed by atoms with Crippen molar-refractivity contribution in [3.05, 3.63) is 55.0 Å². The van der Waals surface area contributed by atoms with Crippen LogP contribution >= 0.6 is 0 Å². The molecule has 3 fully saturated rings. The molecule has 1 aliphatic heterocycles. The normalized spacial score (nSPS) is 25.0. The van der Waals surface area contributed by atoms with Crippen LogP contribution < -0.4 is 15.9 Å². The predicted octanol–water partition coefficient (Wildman–Crippen LogP) is 4.93. The number of rotatable bonds is 4. The first kappa shape index (κ1) is 24.6. The average molecular weight is 523 g/mol. The molecule has 1 saturated heterocycles. The van der Waals surface area contributed by atoms with Gasteiger partial charge in [-0.2, -0.15) is 15.3 Å². The number of benzene rings is 2. The minimum Gasteiger partial charge on any atom is -0.497 e. The van der Waals surface area contributed by atoms with Gasteiger partial charge in [0, 0.05) is 34.9 Å². The Kier molecular flexibility index (Phi) is 5.38. The molecule has 0 radical (unpaired) electrons. The lowest BCUT2D eigenvalue weighted by Gasteiger charge is -2.61. The van der Waals surface area contributed by atoms with Gasteiger partial charge in [0.1, 0.15) is 5.75 Å². The molecular weight excluding hydrogens is 489 g/mol. The summed E-state index contributed by atoms with van der Waals surface area (Å²) in [7, 11) is 1.16. The number of anilines is 1. The number of ether oxygens (including phenoxy) is 1. The van der Waals surface area contributed by atoms with Crippen LogP contribution in [0.4, 0.5) is 5.69 Å². The van der Waals surface area contributed by atoms with Crippen molar-refractivity contribution >= 4 is 29.2 Å². The van der Waals surface area contributed by atoms with Gasteiger partial charge >= 0.3 is 7.12 Å². The van der Waals surface area contributed by atoms with Crippen LogP contribution in [0.15, 0.2) is 55.0 Å². The van der Waals surface area contributed by atoms with Crippen LogP contribution in [0.1, 0.15) is 52.9 Å². The fourth-order valence-electron chi connectivity index (χ4n) is 7.41. The van der Waals surface area contributed by atoms with Crippen molar-refractivity contribution in [3.8, 4) is 22.6 Å². The van der Waals surface area contributed by atoms with Crippen LogP contribution in [0.3, 0.4) is 0 Å². The van der Waals surface area contributed by atoms with Crippen LogP contribution in [0.25, 0.3) is 27.7 Å². The van der Waals surface area contributed by atoms with E-state index in [0.29, 0.717) is 16.9 Å². The third kappa shape index (κ3) is 3.70. The van der Waals surface area contributed by atoms with Gasteiger partial charge < -0.3 is 19.8 Å². The topological polar surface area (TPSA) is 97.3 Å². The molecule has 200 valence electrons. The molecular formula is C30H34BN5O3. The van der Waals surface area contributed by atoms with E-state index >= 15 is 0 Å². The van der Waals surface area contributed by atoms with Gasteiger partial charge in [-0.1, -0.05) is 26.3 Å². The van der Waals surface area contributed by atoms with E-state index in [1.165, 1.54) is 19.3 Å². The molecule has 0 unspecified atom stereocenters. The fraction of sp³-hybridized carbons (Fsp3) is 0.433. The Hall–Kier alpha value is -3.43. The summed E-state index contributed by atoms with van der Waals surface area (Å²) in [5, 5.41) is 13.8. The highest BCUT2D eigenvalue weighted by atomic mass is 16.7. The molecule has 2 atom stereocenters. The zero-order valence-corrected chi connectivity index (χ0v) is 23.0. The van der Waals surface area contributed by atoms with Crippen molar-refractivity contribution in [3.63, 3.8) is 0 Å². The summed E-state index contributed by atoms with van der Waals surface area (Å²) >= 11 is 0. The predicted molar refractivity (Wildman–Crippen MR) is 152 cm³/mol. The SMILES string of the molecule is COc1cc(-n2cccn2)c(-c2ccc3c(N)cnnc3c2)cc1B1O[C@@H]2CC3(CCC3)C(C)(C)C[C@]2(C)O1. The highest BCUT2D eigenvalue weighted by Crippen LogP contribution is 2.65. The number of hydrogen-bond acceptors (Lipinski definition) is 7. The fourth-order valence-corrected chi connectivity index (χ4v) is 7.41. The van der Waals surface area contributed by atoms with Gasteiger partial charge in [0.25, 0.3) is 0 Å². The number of nitrogens with two attached hydrogens (primary N) is 1. The second-order valence-corrected chi connectivity index (χ2v) is 12.4. The van der Waals surface area contributed by atoms with E-state index in [-0.39, 0.29) is 17.1 Å². The van der Waals surface area contributed by atoms with Crippen molar-refractivity contribution in [2.45, 2.75) is 64.6 Å². The largest absolute Gasteiger partial charge is 0.498 e. The summed E-state index contributed by atoms with van der Waals surface area (Å²) in [6, 6.07) is 12.1. The van der Waals surface area contributed by atoms with Crippen LogP contribution in [0, 0.1) is 10.8 Å². The van der Waals surface area contributed by atoms with Gasteiger partial charge in [-0.25, -0.2) is 4.68 Å². The Balaban J connectivity index is 1.34. The number of hydrogen-bond donors (Lipinski definition) is 1. The number of fused-ring (bicyclic) bond motifs is 2. The molecule has 3 aliphatic rings. The molecule has 9 heteroatoms. The smallest absolute Gasteiger partial charge is 0.497 e. The molecule has 0 amide bonds. The van der Waals surface area contributed by atoms with Gasteiger partial charge in [-0.15, -0.1) is 0 Å². The van der Waals surface area contributed by atoms with Crippen LogP contribution in [-0.2, 0) is 9.31 Å². The Bertz CT molecular complexity index is 1570. The first-order valence-electron chi connectivity index (χ1n) is 13.8. The van der Waals surface area contributed by atoms with E-state index in [4.69, 9.17) is 19.8 Å². The lowest BCUT2D eigenvalue weighted by atomic mass is 9.46. The maximum absolute atomic E-state index is 6.82. The van der Waals surface area contributed by atoms with Crippen molar-refractivity contribution in [2.75, 3.05) is 12.8 Å². The molecule has 3 heterocycles. The maximum Gasteiger partial charge on any atom is 0.498 e. The minimum absolute atomic E-state index is 0.0497. The lowest BCUT2D eigenvalue weighted by molar-refractivity contribution is -0.147. The molecule has 39 heavy (non-hydrogen) atoms. The summed E-state index contributed by atoms with van der Waals surface area (Å²) in [6.45, 7) is 7.05. The Morgan fingerprint density at radius 3 is 2.72 bits per heavy atom. The van der Waals surface area contributed by atoms with Crippen molar-refractivity contribution < 1.29 is 14.0 Å². The van der Waals surface area contributed by atoms with Gasteiger partial charge in [-0.3, -0.25) is 0 Å². The summed E-state index contributed by atoms with van der Waals surface area (Å²) in [5.74, 6) is 0.707. The van der Waals surface area contributed by atoms with Gasteiger partial charge in [0.05, 0.1) is 41.9 Å². The molecule has 0 bridgehead atoms. The van der Waals surface area contributed by atoms with Crippen LogP contribution in [-0.4, -0.2) is 45.9 Å². The molecule has 2 aromatic carbocycles. The van der Waals surface area contributed by atoms with Crippen LogP contribution in [0.5, 0.6) is 5.75 Å².